The van der Waals surface area contributed by atoms with Gasteiger partial charge in [0.1, 0.15) is 0 Å². The van der Waals surface area contributed by atoms with E-state index in [1.165, 1.54) is 19.3 Å². The molecule has 4 heteroatoms. The first-order valence-electron chi connectivity index (χ1n) is 8.44. The number of rotatable bonds is 2. The van der Waals surface area contributed by atoms with E-state index in [0.717, 1.165) is 24.0 Å². The van der Waals surface area contributed by atoms with Gasteiger partial charge in [0.05, 0.1) is 18.8 Å². The molecule has 0 spiro atoms. The van der Waals surface area contributed by atoms with Crippen molar-refractivity contribution in [3.05, 3.63) is 35.4 Å². The first-order chi connectivity index (χ1) is 10.7. The molecule has 22 heavy (non-hydrogen) atoms. The minimum absolute atomic E-state index is 0.236. The van der Waals surface area contributed by atoms with Gasteiger partial charge in [-0.05, 0) is 38.3 Å². The normalized spacial score (nSPS) is 36.6. The summed E-state index contributed by atoms with van der Waals surface area (Å²) in [6.07, 6.45) is 5.16. The fourth-order valence-corrected chi connectivity index (χ4v) is 4.39. The Morgan fingerprint density at radius 1 is 1.05 bits per heavy atom. The molecule has 3 aliphatic rings. The molecule has 4 nitrogen and oxygen atoms in total. The summed E-state index contributed by atoms with van der Waals surface area (Å²) < 4.78 is 11.1. The molecule has 0 radical (unpaired) electrons. The van der Waals surface area contributed by atoms with Gasteiger partial charge >= 0.3 is 0 Å². The first-order valence-corrected chi connectivity index (χ1v) is 8.44. The average molecular weight is 303 g/mol. The Hall–Kier alpha value is -0.940. The van der Waals surface area contributed by atoms with E-state index in [4.69, 9.17) is 9.47 Å². The molecule has 1 aromatic rings. The Kier molecular flexibility index (Phi) is 3.73. The predicted octanol–water partition coefficient (Wildman–Crippen LogP) is 2.57. The number of fused-ring (bicyclic) bond motifs is 2. The van der Waals surface area contributed by atoms with E-state index in [9.17, 15) is 5.11 Å². The SMILES string of the molecule is CN1C2CCCC1CC(O)(c1ccc(C3OCCO3)cc1)C2. The summed E-state index contributed by atoms with van der Waals surface area (Å²) in [5, 5.41) is 11.2. The van der Waals surface area contributed by atoms with Crippen LogP contribution in [0.3, 0.4) is 0 Å². The molecule has 3 heterocycles. The van der Waals surface area contributed by atoms with E-state index >= 15 is 0 Å². The van der Waals surface area contributed by atoms with E-state index in [2.05, 4.69) is 24.1 Å². The molecule has 0 aliphatic carbocycles. The summed E-state index contributed by atoms with van der Waals surface area (Å²) >= 11 is 0. The Morgan fingerprint density at radius 3 is 2.23 bits per heavy atom. The molecule has 0 aromatic heterocycles. The van der Waals surface area contributed by atoms with Crippen molar-refractivity contribution in [2.75, 3.05) is 20.3 Å². The van der Waals surface area contributed by atoms with E-state index in [0.29, 0.717) is 25.3 Å². The van der Waals surface area contributed by atoms with Crippen molar-refractivity contribution in [1.82, 2.24) is 4.90 Å². The van der Waals surface area contributed by atoms with E-state index < -0.39 is 5.60 Å². The number of piperidine rings is 2. The van der Waals surface area contributed by atoms with Crippen LogP contribution in [0.25, 0.3) is 0 Å². The minimum Gasteiger partial charge on any atom is -0.385 e. The maximum absolute atomic E-state index is 11.2. The van der Waals surface area contributed by atoms with Crippen molar-refractivity contribution in [2.45, 2.75) is 56.1 Å². The molecule has 2 bridgehead atoms. The van der Waals surface area contributed by atoms with Gasteiger partial charge in [-0.15, -0.1) is 0 Å². The number of aliphatic hydroxyl groups is 1. The van der Waals surface area contributed by atoms with E-state index in [-0.39, 0.29) is 6.29 Å². The molecule has 3 aliphatic heterocycles. The Morgan fingerprint density at radius 2 is 1.64 bits per heavy atom. The third-order valence-corrected chi connectivity index (χ3v) is 5.72. The van der Waals surface area contributed by atoms with Crippen molar-refractivity contribution in [3.8, 4) is 0 Å². The monoisotopic (exact) mass is 303 g/mol. The van der Waals surface area contributed by atoms with Gasteiger partial charge in [0.2, 0.25) is 0 Å². The first kappa shape index (κ1) is 14.6. The van der Waals surface area contributed by atoms with Crippen LogP contribution in [0.2, 0.25) is 0 Å². The van der Waals surface area contributed by atoms with Crippen molar-refractivity contribution in [1.29, 1.82) is 0 Å². The fourth-order valence-electron chi connectivity index (χ4n) is 4.39. The van der Waals surface area contributed by atoms with Crippen LogP contribution in [0.4, 0.5) is 0 Å². The topological polar surface area (TPSA) is 41.9 Å². The second-order valence-corrected chi connectivity index (χ2v) is 7.04. The molecule has 4 rings (SSSR count). The Labute approximate surface area is 132 Å². The smallest absolute Gasteiger partial charge is 0.184 e. The summed E-state index contributed by atoms with van der Waals surface area (Å²) in [5.41, 5.74) is 1.40. The number of hydrogen-bond donors (Lipinski definition) is 1. The molecule has 2 atom stereocenters. The lowest BCUT2D eigenvalue weighted by atomic mass is 9.73. The Bertz CT molecular complexity index is 510. The lowest BCUT2D eigenvalue weighted by Gasteiger charge is -2.50. The van der Waals surface area contributed by atoms with Gasteiger partial charge in [0.15, 0.2) is 6.29 Å². The summed E-state index contributed by atoms with van der Waals surface area (Å²) in [5.74, 6) is 0. The third kappa shape index (κ3) is 2.48. The summed E-state index contributed by atoms with van der Waals surface area (Å²) in [6.45, 7) is 1.32. The van der Waals surface area contributed by atoms with Crippen molar-refractivity contribution >= 4 is 0 Å². The molecule has 1 N–H and O–H groups in total. The van der Waals surface area contributed by atoms with Gasteiger partial charge in [-0.3, -0.25) is 0 Å². The van der Waals surface area contributed by atoms with Crippen molar-refractivity contribution in [3.63, 3.8) is 0 Å². The molecular formula is C18H25NO3. The highest BCUT2D eigenvalue weighted by Crippen LogP contribution is 2.43. The van der Waals surface area contributed by atoms with Gasteiger partial charge in [-0.1, -0.05) is 30.7 Å². The number of benzene rings is 1. The van der Waals surface area contributed by atoms with Crippen molar-refractivity contribution < 1.29 is 14.6 Å². The molecule has 3 fully saturated rings. The van der Waals surface area contributed by atoms with E-state index in [1.807, 2.05) is 12.1 Å². The Balaban J connectivity index is 1.55. The van der Waals surface area contributed by atoms with Gasteiger partial charge < -0.3 is 19.5 Å². The average Bonchev–Trinajstić information content (AvgIpc) is 3.04. The fraction of sp³-hybridized carbons (Fsp3) is 0.667. The predicted molar refractivity (Wildman–Crippen MR) is 83.4 cm³/mol. The number of nitrogens with zero attached hydrogens (tertiary/aromatic N) is 1. The van der Waals surface area contributed by atoms with Gasteiger partial charge in [-0.25, -0.2) is 0 Å². The van der Waals surface area contributed by atoms with Crippen LogP contribution in [0.1, 0.15) is 49.5 Å². The number of ether oxygens (including phenoxy) is 2. The van der Waals surface area contributed by atoms with Gasteiger partial charge in [0.25, 0.3) is 0 Å². The zero-order valence-electron chi connectivity index (χ0n) is 13.2. The van der Waals surface area contributed by atoms with Crippen LogP contribution in [-0.2, 0) is 15.1 Å². The lowest BCUT2D eigenvalue weighted by molar-refractivity contribution is -0.0876. The molecule has 0 amide bonds. The van der Waals surface area contributed by atoms with Crippen LogP contribution < -0.4 is 0 Å². The van der Waals surface area contributed by atoms with Gasteiger partial charge in [0, 0.05) is 17.6 Å². The summed E-state index contributed by atoms with van der Waals surface area (Å²) in [6, 6.07) is 9.22. The maximum atomic E-state index is 11.2. The standard InChI is InChI=1S/C18H25NO3/c1-19-15-3-2-4-16(19)12-18(20,11-15)14-7-5-13(6-8-14)17-21-9-10-22-17/h5-8,15-17,20H,2-4,9-12H2,1H3. The van der Waals surface area contributed by atoms with Gasteiger partial charge in [-0.2, -0.15) is 0 Å². The van der Waals surface area contributed by atoms with Crippen LogP contribution >= 0.6 is 0 Å². The van der Waals surface area contributed by atoms with Crippen LogP contribution in [0.5, 0.6) is 0 Å². The molecule has 120 valence electrons. The molecule has 0 saturated carbocycles. The second kappa shape index (κ2) is 5.60. The highest BCUT2D eigenvalue weighted by molar-refractivity contribution is 5.29. The zero-order chi connectivity index (χ0) is 15.2. The molecule has 3 saturated heterocycles. The summed E-state index contributed by atoms with van der Waals surface area (Å²) in [4.78, 5) is 2.48. The van der Waals surface area contributed by atoms with Crippen LogP contribution in [-0.4, -0.2) is 42.4 Å². The molecule has 2 unspecified atom stereocenters. The maximum Gasteiger partial charge on any atom is 0.184 e. The lowest BCUT2D eigenvalue weighted by Crippen LogP contribution is -2.55. The van der Waals surface area contributed by atoms with Crippen molar-refractivity contribution in [2.24, 2.45) is 0 Å². The largest absolute Gasteiger partial charge is 0.385 e. The quantitative estimate of drug-likeness (QED) is 0.912. The summed E-state index contributed by atoms with van der Waals surface area (Å²) in [7, 11) is 2.21. The zero-order valence-corrected chi connectivity index (χ0v) is 13.2. The second-order valence-electron chi connectivity index (χ2n) is 7.04. The van der Waals surface area contributed by atoms with E-state index in [1.54, 1.807) is 0 Å². The molecular weight excluding hydrogens is 278 g/mol. The third-order valence-electron chi connectivity index (χ3n) is 5.72. The highest BCUT2D eigenvalue weighted by atomic mass is 16.7. The molecule has 1 aromatic carbocycles. The van der Waals surface area contributed by atoms with Crippen LogP contribution in [0.15, 0.2) is 24.3 Å². The highest BCUT2D eigenvalue weighted by Gasteiger charge is 2.44. The van der Waals surface area contributed by atoms with Crippen LogP contribution in [0, 0.1) is 0 Å². The number of hydrogen-bond acceptors (Lipinski definition) is 4. The minimum atomic E-state index is -0.682.